The van der Waals surface area contributed by atoms with Crippen molar-refractivity contribution in [1.29, 1.82) is 0 Å². The van der Waals surface area contributed by atoms with Crippen LogP contribution in [-0.2, 0) is 24.2 Å². The highest BCUT2D eigenvalue weighted by Gasteiger charge is 2.22. The van der Waals surface area contributed by atoms with Crippen LogP contribution >= 0.6 is 0 Å². The number of carbonyl (C=O) groups is 2. The Morgan fingerprint density at radius 3 is 2.72 bits per heavy atom. The van der Waals surface area contributed by atoms with Crippen LogP contribution in [-0.4, -0.2) is 34.0 Å². The van der Waals surface area contributed by atoms with Gasteiger partial charge in [-0.25, -0.2) is 0 Å². The van der Waals surface area contributed by atoms with Crippen molar-refractivity contribution in [3.8, 4) is 0 Å². The Morgan fingerprint density at radius 1 is 1.21 bits per heavy atom. The molecule has 0 aliphatic carbocycles. The standard InChI is InChI=1S/C24H28N2O3/c1-4-22(27)25-21-7-5-6-19(15-21)23(28)26-13-11-18-14-17(8-9-20(18)16-26)10-12-24(2,3)29/h4-9,14-15,29H,1,10-13,16H2,2-3H3,(H,25,27). The lowest BCUT2D eigenvalue weighted by molar-refractivity contribution is -0.111. The molecule has 1 heterocycles. The third-order valence-corrected chi connectivity index (χ3v) is 5.16. The van der Waals surface area contributed by atoms with Gasteiger partial charge in [0.1, 0.15) is 0 Å². The lowest BCUT2D eigenvalue weighted by atomic mass is 9.93. The van der Waals surface area contributed by atoms with Crippen LogP contribution in [0.25, 0.3) is 0 Å². The highest BCUT2D eigenvalue weighted by Crippen LogP contribution is 2.24. The number of nitrogens with one attached hydrogen (secondary N) is 1. The number of hydrogen-bond acceptors (Lipinski definition) is 3. The van der Waals surface area contributed by atoms with Crippen LogP contribution in [0.4, 0.5) is 5.69 Å². The monoisotopic (exact) mass is 392 g/mol. The van der Waals surface area contributed by atoms with Gasteiger partial charge in [0, 0.05) is 24.3 Å². The fourth-order valence-corrected chi connectivity index (χ4v) is 3.49. The number of nitrogens with zero attached hydrogens (tertiary/aromatic N) is 1. The van der Waals surface area contributed by atoms with Crippen LogP contribution in [0, 0.1) is 0 Å². The summed E-state index contributed by atoms with van der Waals surface area (Å²) in [4.78, 5) is 26.3. The Morgan fingerprint density at radius 2 is 2.00 bits per heavy atom. The molecule has 1 aliphatic rings. The van der Waals surface area contributed by atoms with E-state index in [4.69, 9.17) is 0 Å². The van der Waals surface area contributed by atoms with Gasteiger partial charge in [-0.3, -0.25) is 9.59 Å². The van der Waals surface area contributed by atoms with Crippen molar-refractivity contribution < 1.29 is 14.7 Å². The molecule has 5 nitrogen and oxygen atoms in total. The molecule has 3 rings (SSSR count). The maximum atomic E-state index is 13.0. The van der Waals surface area contributed by atoms with E-state index in [1.54, 1.807) is 24.3 Å². The van der Waals surface area contributed by atoms with Crippen molar-refractivity contribution in [3.05, 3.63) is 77.4 Å². The van der Waals surface area contributed by atoms with Gasteiger partial charge in [0.15, 0.2) is 0 Å². The van der Waals surface area contributed by atoms with E-state index in [9.17, 15) is 14.7 Å². The van der Waals surface area contributed by atoms with Gasteiger partial charge in [0.2, 0.25) is 5.91 Å². The molecule has 0 bridgehead atoms. The number of fused-ring (bicyclic) bond motifs is 1. The van der Waals surface area contributed by atoms with E-state index >= 15 is 0 Å². The van der Waals surface area contributed by atoms with Crippen molar-refractivity contribution in [1.82, 2.24) is 4.90 Å². The molecule has 1 aliphatic heterocycles. The van der Waals surface area contributed by atoms with Crippen LogP contribution in [0.3, 0.4) is 0 Å². The van der Waals surface area contributed by atoms with E-state index in [1.165, 1.54) is 17.2 Å². The first-order valence-electron chi connectivity index (χ1n) is 9.91. The molecule has 29 heavy (non-hydrogen) atoms. The summed E-state index contributed by atoms with van der Waals surface area (Å²) >= 11 is 0. The van der Waals surface area contributed by atoms with E-state index in [0.29, 0.717) is 24.3 Å². The minimum atomic E-state index is -0.668. The molecule has 0 saturated heterocycles. The molecule has 2 N–H and O–H groups in total. The molecule has 0 unspecified atom stereocenters. The fraction of sp³-hybridized carbons (Fsp3) is 0.333. The SMILES string of the molecule is C=CC(=O)Nc1cccc(C(=O)N2CCc3cc(CCC(C)(C)O)ccc3C2)c1. The number of hydrogen-bond donors (Lipinski definition) is 2. The van der Waals surface area contributed by atoms with Gasteiger partial charge in [-0.2, -0.15) is 0 Å². The number of anilines is 1. The summed E-state index contributed by atoms with van der Waals surface area (Å²) in [5.41, 5.74) is 4.11. The predicted octanol–water partition coefficient (Wildman–Crippen LogP) is 3.71. The molecule has 0 aromatic heterocycles. The van der Waals surface area contributed by atoms with Crippen LogP contribution in [0.5, 0.6) is 0 Å². The molecule has 0 fully saturated rings. The Balaban J connectivity index is 1.69. The van der Waals surface area contributed by atoms with E-state index in [1.807, 2.05) is 18.7 Å². The van der Waals surface area contributed by atoms with Crippen molar-refractivity contribution in [2.45, 2.75) is 45.3 Å². The highest BCUT2D eigenvalue weighted by molar-refractivity contribution is 6.00. The third kappa shape index (κ3) is 5.55. The van der Waals surface area contributed by atoms with Crippen LogP contribution < -0.4 is 5.32 Å². The van der Waals surface area contributed by atoms with Crippen LogP contribution in [0.1, 0.15) is 47.3 Å². The molecule has 2 aromatic rings. The largest absolute Gasteiger partial charge is 0.390 e. The van der Waals surface area contributed by atoms with Gasteiger partial charge < -0.3 is 15.3 Å². The zero-order valence-electron chi connectivity index (χ0n) is 17.1. The molecule has 0 atom stereocenters. The van der Waals surface area contributed by atoms with Gasteiger partial charge in [-0.1, -0.05) is 30.8 Å². The van der Waals surface area contributed by atoms with Crippen molar-refractivity contribution in [2.24, 2.45) is 0 Å². The second kappa shape index (κ2) is 8.62. The summed E-state index contributed by atoms with van der Waals surface area (Å²) in [5.74, 6) is -0.349. The van der Waals surface area contributed by atoms with E-state index < -0.39 is 5.60 Å². The zero-order valence-corrected chi connectivity index (χ0v) is 17.1. The average molecular weight is 392 g/mol. The normalized spacial score (nSPS) is 13.6. The van der Waals surface area contributed by atoms with E-state index in [2.05, 4.69) is 30.1 Å². The summed E-state index contributed by atoms with van der Waals surface area (Å²) in [6.07, 6.45) is 3.56. The second-order valence-corrected chi connectivity index (χ2v) is 8.17. The van der Waals surface area contributed by atoms with Gasteiger partial charge in [0.05, 0.1) is 5.60 Å². The molecular weight excluding hydrogens is 364 g/mol. The zero-order chi connectivity index (χ0) is 21.0. The predicted molar refractivity (Wildman–Crippen MR) is 115 cm³/mol. The smallest absolute Gasteiger partial charge is 0.254 e. The fourth-order valence-electron chi connectivity index (χ4n) is 3.49. The quantitative estimate of drug-likeness (QED) is 0.736. The minimum absolute atomic E-state index is 0.0449. The number of aryl methyl sites for hydroxylation is 1. The maximum Gasteiger partial charge on any atom is 0.254 e. The lowest BCUT2D eigenvalue weighted by Crippen LogP contribution is -2.36. The van der Waals surface area contributed by atoms with Crippen molar-refractivity contribution in [3.63, 3.8) is 0 Å². The van der Waals surface area contributed by atoms with Gasteiger partial charge in [-0.15, -0.1) is 0 Å². The molecule has 2 amide bonds. The van der Waals surface area contributed by atoms with Crippen LogP contribution in [0.2, 0.25) is 0 Å². The van der Waals surface area contributed by atoms with Gasteiger partial charge in [-0.05, 0) is 74.1 Å². The third-order valence-electron chi connectivity index (χ3n) is 5.16. The molecular formula is C24H28N2O3. The minimum Gasteiger partial charge on any atom is -0.390 e. The Labute approximate surface area is 172 Å². The number of rotatable bonds is 6. The second-order valence-electron chi connectivity index (χ2n) is 8.17. The van der Waals surface area contributed by atoms with Crippen molar-refractivity contribution >= 4 is 17.5 Å². The number of amides is 2. The number of aliphatic hydroxyl groups is 1. The van der Waals surface area contributed by atoms with Gasteiger partial charge in [0.25, 0.3) is 5.91 Å². The summed E-state index contributed by atoms with van der Waals surface area (Å²) < 4.78 is 0. The van der Waals surface area contributed by atoms with Crippen LogP contribution in [0.15, 0.2) is 55.1 Å². The average Bonchev–Trinajstić information content (AvgIpc) is 2.70. The van der Waals surface area contributed by atoms with E-state index in [-0.39, 0.29) is 11.8 Å². The molecule has 152 valence electrons. The lowest BCUT2D eigenvalue weighted by Gasteiger charge is -2.29. The summed E-state index contributed by atoms with van der Waals surface area (Å²) in [5, 5.41) is 12.6. The van der Waals surface area contributed by atoms with Gasteiger partial charge >= 0.3 is 0 Å². The number of benzene rings is 2. The first-order valence-corrected chi connectivity index (χ1v) is 9.91. The first kappa shape index (κ1) is 20.8. The molecule has 2 aromatic carbocycles. The molecule has 0 saturated carbocycles. The van der Waals surface area contributed by atoms with E-state index in [0.717, 1.165) is 24.8 Å². The molecule has 5 heteroatoms. The molecule has 0 radical (unpaired) electrons. The number of carbonyl (C=O) groups excluding carboxylic acids is 2. The summed E-state index contributed by atoms with van der Waals surface area (Å²) in [7, 11) is 0. The summed E-state index contributed by atoms with van der Waals surface area (Å²) in [6, 6.07) is 13.4. The highest BCUT2D eigenvalue weighted by atomic mass is 16.3. The maximum absolute atomic E-state index is 13.0. The first-order chi connectivity index (χ1) is 13.7. The topological polar surface area (TPSA) is 69.6 Å². The Bertz CT molecular complexity index is 928. The Hall–Kier alpha value is -2.92. The summed E-state index contributed by atoms with van der Waals surface area (Å²) in [6.45, 7) is 8.32. The van der Waals surface area contributed by atoms with Crippen molar-refractivity contribution in [2.75, 3.05) is 11.9 Å². The Kier molecular flexibility index (Phi) is 6.18. The molecule has 0 spiro atoms.